The lowest BCUT2D eigenvalue weighted by molar-refractivity contribution is -0.337. The van der Waals surface area contributed by atoms with E-state index in [1.54, 1.807) is 23.2 Å². The Morgan fingerprint density at radius 1 is 1.05 bits per heavy atom. The van der Waals surface area contributed by atoms with Crippen molar-refractivity contribution in [3.63, 3.8) is 0 Å². The van der Waals surface area contributed by atoms with E-state index < -0.39 is 42.8 Å². The maximum Gasteiger partial charge on any atom is 0.523 e. The van der Waals surface area contributed by atoms with Gasteiger partial charge in [-0.15, -0.1) is 13.2 Å². The second-order valence-corrected chi connectivity index (χ2v) is 16.1. The molecule has 14 nitrogen and oxygen atoms in total. The number of carbonyl (C=O) groups excluding carboxylic acids is 4. The number of hydrogen-bond acceptors (Lipinski definition) is 9. The number of alkyl halides is 3. The zero-order valence-corrected chi connectivity index (χ0v) is 33.6. The number of imidazole rings is 1. The number of rotatable bonds is 14. The summed E-state index contributed by atoms with van der Waals surface area (Å²) < 4.78 is 65.7. The summed E-state index contributed by atoms with van der Waals surface area (Å²) in [6.45, 7) is 8.99. The van der Waals surface area contributed by atoms with Gasteiger partial charge in [-0.25, -0.2) is 19.2 Å². The first kappa shape index (κ1) is 43.1. The number of H-pyrrole nitrogens is 1. The van der Waals surface area contributed by atoms with Crippen LogP contribution in [-0.2, 0) is 19.1 Å². The predicted molar refractivity (Wildman–Crippen MR) is 209 cm³/mol. The van der Waals surface area contributed by atoms with Gasteiger partial charge in [0.25, 0.3) is 5.91 Å². The quantitative estimate of drug-likeness (QED) is 0.107. The summed E-state index contributed by atoms with van der Waals surface area (Å²) in [6, 6.07) is 1.83. The molecule has 318 valence electrons. The first-order chi connectivity index (χ1) is 27.9. The maximum absolute atomic E-state index is 15.6. The van der Waals surface area contributed by atoms with Gasteiger partial charge >= 0.3 is 12.5 Å². The molecule has 0 aromatic carbocycles. The van der Waals surface area contributed by atoms with Crippen LogP contribution < -0.4 is 21.3 Å². The van der Waals surface area contributed by atoms with E-state index in [1.807, 2.05) is 27.7 Å². The second-order valence-electron chi connectivity index (χ2n) is 16.1. The van der Waals surface area contributed by atoms with Gasteiger partial charge in [-0.2, -0.15) is 0 Å². The molecule has 2 fully saturated rings. The number of pyridine rings is 1. The molecule has 0 radical (unpaired) electrons. The molecule has 4 unspecified atom stereocenters. The molecular formula is C41H50F4N8O6. The van der Waals surface area contributed by atoms with Crippen LogP contribution in [0.2, 0.25) is 0 Å². The highest BCUT2D eigenvalue weighted by atomic mass is 19.4. The zero-order valence-electron chi connectivity index (χ0n) is 33.6. The van der Waals surface area contributed by atoms with Crippen molar-refractivity contribution in [3.8, 4) is 0 Å². The van der Waals surface area contributed by atoms with Crippen LogP contribution in [-0.4, -0.2) is 88.9 Å². The number of aromatic nitrogens is 3. The van der Waals surface area contributed by atoms with E-state index in [1.165, 1.54) is 25.4 Å². The normalized spacial score (nSPS) is 21.9. The zero-order chi connectivity index (χ0) is 42.6. The van der Waals surface area contributed by atoms with Crippen LogP contribution in [0.4, 0.5) is 28.2 Å². The fourth-order valence-electron chi connectivity index (χ4n) is 7.61. The summed E-state index contributed by atoms with van der Waals surface area (Å²) in [5, 5.41) is 10.9. The van der Waals surface area contributed by atoms with E-state index >= 15 is 4.39 Å². The van der Waals surface area contributed by atoms with Crippen molar-refractivity contribution in [1.82, 2.24) is 35.8 Å². The number of amides is 4. The number of carbonyl (C=O) groups is 4. The van der Waals surface area contributed by atoms with E-state index in [9.17, 15) is 32.3 Å². The molecule has 1 saturated carbocycles. The van der Waals surface area contributed by atoms with Gasteiger partial charge in [0.05, 0.1) is 42.4 Å². The lowest BCUT2D eigenvalue weighted by Gasteiger charge is -2.30. The molecule has 1 aliphatic heterocycles. The van der Waals surface area contributed by atoms with Crippen molar-refractivity contribution in [1.29, 1.82) is 0 Å². The minimum Gasteiger partial charge on any atom is -0.453 e. The number of allylic oxidation sites excluding steroid dienone is 5. The van der Waals surface area contributed by atoms with Crippen LogP contribution in [0.15, 0.2) is 65.4 Å². The van der Waals surface area contributed by atoms with Gasteiger partial charge in [0.2, 0.25) is 11.8 Å². The van der Waals surface area contributed by atoms with Crippen molar-refractivity contribution >= 4 is 35.2 Å². The largest absolute Gasteiger partial charge is 0.523 e. The Hall–Kier alpha value is -5.52. The van der Waals surface area contributed by atoms with Gasteiger partial charge in [0.15, 0.2) is 0 Å². The third-order valence-electron chi connectivity index (χ3n) is 11.1. The lowest BCUT2D eigenvalue weighted by atomic mass is 9.86. The minimum absolute atomic E-state index is 0.00466. The number of ether oxygens (including phenoxy) is 2. The predicted octanol–water partition coefficient (Wildman–Crippen LogP) is 6.37. The Morgan fingerprint density at radius 3 is 2.41 bits per heavy atom. The lowest BCUT2D eigenvalue weighted by Crippen LogP contribution is -2.51. The van der Waals surface area contributed by atoms with E-state index in [0.29, 0.717) is 55.4 Å². The monoisotopic (exact) mass is 826 g/mol. The Morgan fingerprint density at radius 2 is 1.78 bits per heavy atom. The standard InChI is InChI=1S/C41H50F4N8O6/c1-22(2)34(52-39(57)58-5)38(56)53-16-6-7-31(53)35-49-21-30(50-35)24-10-8-23(9-11-24)26-17-28(42)29(18-32(26)59-41(43,44)45)51-36(54)25-12-13-33(48-20-25)46-14-15-47-37(55)27-19-40(27,3)4/h8,10,12-13,17,20-22,27,31-32,34H,6-7,9,11,14-16,18-19H2,1-5H3,(H,46,48)(H,47,55)(H,49,50)(H,51,54)(H,52,57). The fourth-order valence-corrected chi connectivity index (χ4v) is 7.61. The molecule has 4 aliphatic rings. The molecule has 1 saturated heterocycles. The molecule has 4 amide bonds. The molecule has 2 aromatic heterocycles. The number of aromatic amines is 1. The number of nitrogens with zero attached hydrogens (tertiary/aromatic N) is 3. The van der Waals surface area contributed by atoms with Crippen molar-refractivity contribution in [3.05, 3.63) is 82.5 Å². The SMILES string of the molecule is COC(=O)NC(C(=O)N1CCCC1c1ncc(C2=CC=C(C3=CC(F)=C(NC(=O)c4ccc(NCCNC(=O)C5CC5(C)C)nc4)CC3OC(F)(F)F)CC2)[nH]1)C(C)C. The summed E-state index contributed by atoms with van der Waals surface area (Å²) in [4.78, 5) is 64.4. The van der Waals surface area contributed by atoms with Crippen molar-refractivity contribution in [2.45, 2.75) is 90.8 Å². The van der Waals surface area contributed by atoms with Gasteiger partial charge < -0.3 is 35.9 Å². The molecule has 0 spiro atoms. The Kier molecular flexibility index (Phi) is 13.0. The molecule has 59 heavy (non-hydrogen) atoms. The molecule has 18 heteroatoms. The number of nitrogens with one attached hydrogen (secondary N) is 5. The van der Waals surface area contributed by atoms with E-state index in [2.05, 4.69) is 41.0 Å². The highest BCUT2D eigenvalue weighted by molar-refractivity contribution is 5.95. The average molecular weight is 827 g/mol. The van der Waals surface area contributed by atoms with Crippen LogP contribution >= 0.6 is 0 Å². The summed E-state index contributed by atoms with van der Waals surface area (Å²) in [7, 11) is 1.23. The number of anilines is 1. The van der Waals surface area contributed by atoms with Gasteiger partial charge in [-0.1, -0.05) is 39.8 Å². The summed E-state index contributed by atoms with van der Waals surface area (Å²) in [6.07, 6.45) is 2.14. The van der Waals surface area contributed by atoms with Crippen molar-refractivity contribution < 1.29 is 46.2 Å². The Labute approximate surface area is 339 Å². The summed E-state index contributed by atoms with van der Waals surface area (Å²) >= 11 is 0. The molecule has 6 rings (SSSR count). The number of methoxy groups -OCH3 is 1. The number of alkyl carbamates (subject to hydrolysis) is 1. The van der Waals surface area contributed by atoms with Crippen LogP contribution in [0.5, 0.6) is 0 Å². The van der Waals surface area contributed by atoms with Crippen LogP contribution in [0.3, 0.4) is 0 Å². The molecule has 2 aromatic rings. The van der Waals surface area contributed by atoms with E-state index in [-0.39, 0.29) is 58.4 Å². The Bertz CT molecular complexity index is 2060. The second kappa shape index (κ2) is 17.8. The van der Waals surface area contributed by atoms with Crippen LogP contribution in [0.1, 0.15) is 94.1 Å². The first-order valence-corrected chi connectivity index (χ1v) is 19.7. The average Bonchev–Trinajstić information content (AvgIpc) is 3.54. The first-order valence-electron chi connectivity index (χ1n) is 19.7. The molecule has 3 aliphatic carbocycles. The van der Waals surface area contributed by atoms with Gasteiger partial charge in [-0.3, -0.25) is 19.1 Å². The molecule has 0 bridgehead atoms. The van der Waals surface area contributed by atoms with Crippen LogP contribution in [0, 0.1) is 17.3 Å². The minimum atomic E-state index is -5.04. The van der Waals surface area contributed by atoms with Gasteiger partial charge in [0, 0.05) is 38.2 Å². The third-order valence-corrected chi connectivity index (χ3v) is 11.1. The van der Waals surface area contributed by atoms with Gasteiger partial charge in [0.1, 0.15) is 23.5 Å². The van der Waals surface area contributed by atoms with E-state index in [4.69, 9.17) is 4.74 Å². The van der Waals surface area contributed by atoms with Crippen molar-refractivity contribution in [2.24, 2.45) is 17.3 Å². The maximum atomic E-state index is 15.6. The highest BCUT2D eigenvalue weighted by Crippen LogP contribution is 2.51. The summed E-state index contributed by atoms with van der Waals surface area (Å²) in [5.74, 6) is -1.09. The highest BCUT2D eigenvalue weighted by Gasteiger charge is 2.50. The summed E-state index contributed by atoms with van der Waals surface area (Å²) in [5.41, 5.74) is 1.65. The van der Waals surface area contributed by atoms with Crippen LogP contribution in [0.25, 0.3) is 5.57 Å². The number of likely N-dealkylation sites (tertiary alicyclic amines) is 1. The topological polar surface area (TPSA) is 180 Å². The number of halogens is 4. The smallest absolute Gasteiger partial charge is 0.453 e. The third kappa shape index (κ3) is 10.6. The Balaban J connectivity index is 1.10. The molecular weight excluding hydrogens is 776 g/mol. The van der Waals surface area contributed by atoms with E-state index in [0.717, 1.165) is 24.5 Å². The fraction of sp³-hybridized carbons (Fsp3) is 0.512. The molecule has 4 atom stereocenters. The van der Waals surface area contributed by atoms with Gasteiger partial charge in [-0.05, 0) is 78.4 Å². The molecule has 3 heterocycles. The van der Waals surface area contributed by atoms with Crippen molar-refractivity contribution in [2.75, 3.05) is 32.1 Å². The number of hydrogen-bond donors (Lipinski definition) is 5. The molecule has 5 N–H and O–H groups in total.